The first-order valence-corrected chi connectivity index (χ1v) is 8.99. The van der Waals surface area contributed by atoms with Crippen molar-refractivity contribution in [3.05, 3.63) is 54.1 Å². The Balaban J connectivity index is 2.36. The number of halogens is 1. The van der Waals surface area contributed by atoms with E-state index >= 15 is 0 Å². The Kier molecular flexibility index (Phi) is 5.26. The summed E-state index contributed by atoms with van der Waals surface area (Å²) in [6.45, 7) is 1.86. The fraction of sp³-hybridized carbons (Fsp3) is 0.250. The van der Waals surface area contributed by atoms with Crippen LogP contribution >= 0.6 is 11.6 Å². The zero-order valence-corrected chi connectivity index (χ0v) is 13.4. The third-order valence-electron chi connectivity index (χ3n) is 3.06. The van der Waals surface area contributed by atoms with Gasteiger partial charge < -0.3 is 5.32 Å². The Morgan fingerprint density at radius 3 is 2.57 bits per heavy atom. The van der Waals surface area contributed by atoms with Crippen LogP contribution in [0, 0.1) is 0 Å². The quantitative estimate of drug-likeness (QED) is 0.804. The van der Waals surface area contributed by atoms with Gasteiger partial charge in [0.15, 0.2) is 9.84 Å². The molecule has 0 bridgehead atoms. The predicted molar refractivity (Wildman–Crippen MR) is 88.1 cm³/mol. The summed E-state index contributed by atoms with van der Waals surface area (Å²) in [5, 5.41) is 3.17. The molecule has 0 radical (unpaired) electrons. The van der Waals surface area contributed by atoms with E-state index in [1.165, 1.54) is 0 Å². The van der Waals surface area contributed by atoms with Gasteiger partial charge in [-0.2, -0.15) is 0 Å². The maximum atomic E-state index is 12.3. The van der Waals surface area contributed by atoms with Gasteiger partial charge in [0.1, 0.15) is 0 Å². The van der Waals surface area contributed by atoms with Gasteiger partial charge in [-0.15, -0.1) is 11.6 Å². The minimum Gasteiger partial charge on any atom is -0.354 e. The van der Waals surface area contributed by atoms with Crippen molar-refractivity contribution in [2.45, 2.75) is 24.1 Å². The molecule has 0 aromatic heterocycles. The Morgan fingerprint density at radius 2 is 1.86 bits per heavy atom. The molecule has 0 amide bonds. The molecule has 0 aliphatic rings. The lowest BCUT2D eigenvalue weighted by atomic mass is 10.2. The van der Waals surface area contributed by atoms with Crippen LogP contribution in [0.1, 0.15) is 18.9 Å². The summed E-state index contributed by atoms with van der Waals surface area (Å²) in [7, 11) is -3.27. The molecule has 0 saturated heterocycles. The number of benzene rings is 2. The van der Waals surface area contributed by atoms with Gasteiger partial charge in [0.2, 0.25) is 0 Å². The summed E-state index contributed by atoms with van der Waals surface area (Å²) < 4.78 is 24.6. The number of sulfone groups is 1. The lowest BCUT2D eigenvalue weighted by Crippen LogP contribution is -2.08. The summed E-state index contributed by atoms with van der Waals surface area (Å²) in [5.41, 5.74) is 2.40. The highest BCUT2D eigenvalue weighted by atomic mass is 35.5. The first kappa shape index (κ1) is 15.9. The molecule has 21 heavy (non-hydrogen) atoms. The van der Waals surface area contributed by atoms with E-state index in [0.717, 1.165) is 11.3 Å². The molecular formula is C16H18ClNO2S. The van der Waals surface area contributed by atoms with Gasteiger partial charge in [-0.3, -0.25) is 0 Å². The molecular weight excluding hydrogens is 306 g/mol. The van der Waals surface area contributed by atoms with Crippen LogP contribution in [0.15, 0.2) is 53.4 Å². The normalized spacial score (nSPS) is 11.3. The molecule has 0 spiro atoms. The molecule has 2 aromatic rings. The lowest BCUT2D eigenvalue weighted by Gasteiger charge is -2.12. The first-order chi connectivity index (χ1) is 10.1. The highest BCUT2D eigenvalue weighted by Gasteiger charge is 2.17. The van der Waals surface area contributed by atoms with Crippen LogP contribution in [0.2, 0.25) is 0 Å². The van der Waals surface area contributed by atoms with Crippen LogP contribution in [-0.4, -0.2) is 14.2 Å². The SMILES string of the molecule is CCCS(=O)(=O)c1ccccc1Nc1cccc(CCl)c1. The van der Waals surface area contributed by atoms with Gasteiger partial charge in [0, 0.05) is 11.6 Å². The van der Waals surface area contributed by atoms with Crippen molar-refractivity contribution in [3.8, 4) is 0 Å². The molecule has 0 saturated carbocycles. The Labute approximate surface area is 130 Å². The molecule has 5 heteroatoms. The standard InChI is InChI=1S/C16H18ClNO2S/c1-2-10-21(19,20)16-9-4-3-8-15(16)18-14-7-5-6-13(11-14)12-17/h3-9,11,18H,2,10,12H2,1H3. The number of nitrogens with one attached hydrogen (secondary N) is 1. The highest BCUT2D eigenvalue weighted by molar-refractivity contribution is 7.91. The average Bonchev–Trinajstić information content (AvgIpc) is 2.48. The lowest BCUT2D eigenvalue weighted by molar-refractivity contribution is 0.595. The van der Waals surface area contributed by atoms with Crippen molar-refractivity contribution >= 4 is 32.8 Å². The Bertz CT molecular complexity index is 714. The summed E-state index contributed by atoms with van der Waals surface area (Å²) in [6.07, 6.45) is 0.596. The van der Waals surface area contributed by atoms with Crippen molar-refractivity contribution in [3.63, 3.8) is 0 Å². The van der Waals surface area contributed by atoms with Crippen molar-refractivity contribution in [2.24, 2.45) is 0 Å². The van der Waals surface area contributed by atoms with Crippen LogP contribution in [0.5, 0.6) is 0 Å². The van der Waals surface area contributed by atoms with Gasteiger partial charge in [-0.05, 0) is 36.2 Å². The third kappa shape index (κ3) is 3.99. The van der Waals surface area contributed by atoms with Gasteiger partial charge >= 0.3 is 0 Å². The molecule has 3 nitrogen and oxygen atoms in total. The van der Waals surface area contributed by atoms with Crippen molar-refractivity contribution in [2.75, 3.05) is 11.1 Å². The molecule has 0 aliphatic heterocycles. The van der Waals surface area contributed by atoms with Crippen molar-refractivity contribution in [1.82, 2.24) is 0 Å². The van der Waals surface area contributed by atoms with Crippen LogP contribution in [0.25, 0.3) is 0 Å². The van der Waals surface area contributed by atoms with Crippen LogP contribution in [0.4, 0.5) is 11.4 Å². The molecule has 0 unspecified atom stereocenters. The molecule has 0 atom stereocenters. The van der Waals surface area contributed by atoms with E-state index < -0.39 is 9.84 Å². The highest BCUT2D eigenvalue weighted by Crippen LogP contribution is 2.26. The summed E-state index contributed by atoms with van der Waals surface area (Å²) in [5.74, 6) is 0.568. The molecule has 112 valence electrons. The number of rotatable bonds is 6. The van der Waals surface area contributed by atoms with E-state index in [1.807, 2.05) is 37.3 Å². The van der Waals surface area contributed by atoms with Crippen LogP contribution in [-0.2, 0) is 15.7 Å². The van der Waals surface area contributed by atoms with E-state index in [4.69, 9.17) is 11.6 Å². The van der Waals surface area contributed by atoms with Gasteiger partial charge in [0.05, 0.1) is 16.3 Å². The average molecular weight is 324 g/mol. The van der Waals surface area contributed by atoms with Crippen molar-refractivity contribution in [1.29, 1.82) is 0 Å². The number of para-hydroxylation sites is 1. The van der Waals surface area contributed by atoms with Gasteiger partial charge in [0.25, 0.3) is 0 Å². The first-order valence-electron chi connectivity index (χ1n) is 6.80. The van der Waals surface area contributed by atoms with Crippen molar-refractivity contribution < 1.29 is 8.42 Å². The second-order valence-corrected chi connectivity index (χ2v) is 7.12. The van der Waals surface area contributed by atoms with E-state index in [0.29, 0.717) is 22.9 Å². The largest absolute Gasteiger partial charge is 0.354 e. The van der Waals surface area contributed by atoms with E-state index in [2.05, 4.69) is 5.32 Å². The number of anilines is 2. The smallest absolute Gasteiger partial charge is 0.180 e. The number of alkyl halides is 1. The van der Waals surface area contributed by atoms with Crippen LogP contribution < -0.4 is 5.32 Å². The fourth-order valence-corrected chi connectivity index (χ4v) is 3.77. The molecule has 2 aromatic carbocycles. The zero-order chi connectivity index (χ0) is 15.3. The second-order valence-electron chi connectivity index (χ2n) is 4.77. The molecule has 2 rings (SSSR count). The Morgan fingerprint density at radius 1 is 1.10 bits per heavy atom. The predicted octanol–water partition coefficient (Wildman–Crippen LogP) is 4.35. The number of hydrogen-bond acceptors (Lipinski definition) is 3. The summed E-state index contributed by atoms with van der Waals surface area (Å²) in [4.78, 5) is 0.336. The zero-order valence-electron chi connectivity index (χ0n) is 11.8. The monoisotopic (exact) mass is 323 g/mol. The summed E-state index contributed by atoms with van der Waals surface area (Å²) >= 11 is 5.82. The Hall–Kier alpha value is -1.52. The molecule has 0 heterocycles. The van der Waals surface area contributed by atoms with Gasteiger partial charge in [-0.1, -0.05) is 31.2 Å². The summed E-state index contributed by atoms with van der Waals surface area (Å²) in [6, 6.07) is 14.6. The van der Waals surface area contributed by atoms with Gasteiger partial charge in [-0.25, -0.2) is 8.42 Å². The third-order valence-corrected chi connectivity index (χ3v) is 5.34. The molecule has 0 aliphatic carbocycles. The second kappa shape index (κ2) is 6.96. The molecule has 0 fully saturated rings. The van der Waals surface area contributed by atoms with Crippen LogP contribution in [0.3, 0.4) is 0 Å². The van der Waals surface area contributed by atoms with E-state index in [9.17, 15) is 8.42 Å². The minimum absolute atomic E-state index is 0.146. The van der Waals surface area contributed by atoms with E-state index in [-0.39, 0.29) is 5.75 Å². The number of hydrogen-bond donors (Lipinski definition) is 1. The minimum atomic E-state index is -3.27. The van der Waals surface area contributed by atoms with E-state index in [1.54, 1.807) is 18.2 Å². The maximum Gasteiger partial charge on any atom is 0.180 e. The molecule has 1 N–H and O–H groups in total. The fourth-order valence-electron chi connectivity index (χ4n) is 2.11. The topological polar surface area (TPSA) is 46.2 Å². The maximum absolute atomic E-state index is 12.3.